The molecule has 0 spiro atoms. The van der Waals surface area contributed by atoms with Gasteiger partial charge in [-0.3, -0.25) is 4.79 Å². The van der Waals surface area contributed by atoms with Crippen LogP contribution in [0.1, 0.15) is 30.1 Å². The number of aromatic nitrogens is 2. The highest BCUT2D eigenvalue weighted by molar-refractivity contribution is 5.98. The van der Waals surface area contributed by atoms with Gasteiger partial charge in [0.15, 0.2) is 11.5 Å². The molecule has 0 aliphatic carbocycles. The predicted octanol–water partition coefficient (Wildman–Crippen LogP) is 5.78. The monoisotopic (exact) mass is 541 g/mol. The van der Waals surface area contributed by atoms with E-state index in [9.17, 15) is 4.79 Å². The average Bonchev–Trinajstić information content (AvgIpc) is 3.55. The van der Waals surface area contributed by atoms with Crippen LogP contribution >= 0.6 is 0 Å². The molecule has 1 saturated heterocycles. The van der Waals surface area contributed by atoms with Crippen LogP contribution in [0.3, 0.4) is 0 Å². The zero-order chi connectivity index (χ0) is 28.1. The first-order valence-corrected chi connectivity index (χ1v) is 13.4. The highest BCUT2D eigenvalue weighted by atomic mass is 16.5. The van der Waals surface area contributed by atoms with Crippen LogP contribution in [-0.2, 0) is 17.8 Å². The van der Waals surface area contributed by atoms with Crippen molar-refractivity contribution in [3.8, 4) is 23.0 Å². The van der Waals surface area contributed by atoms with E-state index < -0.39 is 0 Å². The van der Waals surface area contributed by atoms with E-state index in [1.165, 1.54) is 0 Å². The van der Waals surface area contributed by atoms with E-state index in [4.69, 9.17) is 23.9 Å². The van der Waals surface area contributed by atoms with Crippen LogP contribution in [-0.4, -0.2) is 49.9 Å². The summed E-state index contributed by atoms with van der Waals surface area (Å²) in [6.07, 6.45) is 3.78. The molecule has 1 aromatic heterocycles. The second kappa shape index (κ2) is 12.2. The first-order valence-electron chi connectivity index (χ1n) is 13.4. The van der Waals surface area contributed by atoms with Crippen molar-refractivity contribution in [3.05, 3.63) is 84.7 Å². The van der Waals surface area contributed by atoms with Crippen molar-refractivity contribution in [2.75, 3.05) is 39.4 Å². The number of anilines is 1. The van der Waals surface area contributed by atoms with Gasteiger partial charge in [-0.05, 0) is 54.8 Å². The number of carbonyl (C=O) groups is 1. The number of rotatable bonds is 12. The molecule has 0 saturated carbocycles. The molecule has 3 aromatic carbocycles. The van der Waals surface area contributed by atoms with Crippen molar-refractivity contribution in [2.24, 2.45) is 0 Å². The lowest BCUT2D eigenvalue weighted by molar-refractivity contribution is -0.117. The Morgan fingerprint density at radius 1 is 0.975 bits per heavy atom. The highest BCUT2D eigenvalue weighted by Gasteiger charge is 2.36. The molecule has 1 atom stereocenters. The summed E-state index contributed by atoms with van der Waals surface area (Å²) < 4.78 is 24.8. The maximum Gasteiger partial charge on any atom is 0.227 e. The number of ether oxygens (including phenoxy) is 4. The maximum atomic E-state index is 13.3. The van der Waals surface area contributed by atoms with Gasteiger partial charge in [-0.15, -0.1) is 6.58 Å². The van der Waals surface area contributed by atoms with Crippen molar-refractivity contribution in [2.45, 2.75) is 31.7 Å². The van der Waals surface area contributed by atoms with Gasteiger partial charge in [0.1, 0.15) is 17.3 Å². The quantitative estimate of drug-likeness (QED) is 0.167. The van der Waals surface area contributed by atoms with E-state index in [1.54, 1.807) is 26.2 Å². The molecule has 1 aliphatic rings. The molecule has 5 rings (SSSR count). The number of carbonyl (C=O) groups excluding carboxylic acids is 1. The molecule has 0 radical (unpaired) electrons. The largest absolute Gasteiger partial charge is 0.497 e. The Morgan fingerprint density at radius 3 is 2.55 bits per heavy atom. The molecule has 0 N–H and O–H groups in total. The van der Waals surface area contributed by atoms with Gasteiger partial charge in [0.2, 0.25) is 5.91 Å². The number of methoxy groups -OCH3 is 3. The van der Waals surface area contributed by atoms with Crippen LogP contribution in [0.5, 0.6) is 23.0 Å². The number of nitrogens with zero attached hydrogens (tertiary/aromatic N) is 3. The molecule has 208 valence electrons. The number of para-hydroxylation sites is 2. The van der Waals surface area contributed by atoms with Crippen LogP contribution < -0.4 is 23.8 Å². The third-order valence-electron chi connectivity index (χ3n) is 7.24. The van der Waals surface area contributed by atoms with Gasteiger partial charge in [-0.1, -0.05) is 24.3 Å². The second-order valence-corrected chi connectivity index (χ2v) is 9.73. The summed E-state index contributed by atoms with van der Waals surface area (Å²) >= 11 is 0. The van der Waals surface area contributed by atoms with Crippen molar-refractivity contribution in [1.82, 2.24) is 9.55 Å². The van der Waals surface area contributed by atoms with E-state index >= 15 is 0 Å². The number of benzene rings is 3. The molecule has 1 unspecified atom stereocenters. The third kappa shape index (κ3) is 5.47. The van der Waals surface area contributed by atoms with Crippen LogP contribution in [0.4, 0.5) is 5.69 Å². The van der Waals surface area contributed by atoms with Gasteiger partial charge in [-0.2, -0.15) is 0 Å². The standard InChI is InChI=1S/C32H35N3O5/c1-5-9-22-12-14-29(30(18-22)39-4)40-17-8-16-34-26-11-7-6-10-25(26)33-32(34)23-19-31(36)35(21-23)27-20-24(37-2)13-15-28(27)38-3/h5-7,10-15,18,20,23H,1,8-9,16-17,19,21H2,2-4H3. The minimum absolute atomic E-state index is 0.0329. The molecule has 0 bridgehead atoms. The first kappa shape index (κ1) is 27.1. The zero-order valence-electron chi connectivity index (χ0n) is 23.3. The van der Waals surface area contributed by atoms with Crippen LogP contribution in [0.25, 0.3) is 11.0 Å². The highest BCUT2D eigenvalue weighted by Crippen LogP contribution is 2.39. The Balaban J connectivity index is 1.34. The zero-order valence-corrected chi connectivity index (χ0v) is 23.3. The van der Waals surface area contributed by atoms with Gasteiger partial charge in [0.05, 0.1) is 44.7 Å². The lowest BCUT2D eigenvalue weighted by atomic mass is 10.1. The van der Waals surface area contributed by atoms with E-state index in [0.29, 0.717) is 49.1 Å². The summed E-state index contributed by atoms with van der Waals surface area (Å²) in [6.45, 7) is 5.54. The van der Waals surface area contributed by atoms with E-state index in [0.717, 1.165) is 41.0 Å². The molecule has 8 nitrogen and oxygen atoms in total. The molecule has 2 heterocycles. The number of hydrogen-bond acceptors (Lipinski definition) is 6. The smallest absolute Gasteiger partial charge is 0.227 e. The molecule has 1 amide bonds. The fourth-order valence-corrected chi connectivity index (χ4v) is 5.29. The lowest BCUT2D eigenvalue weighted by Gasteiger charge is -2.20. The third-order valence-corrected chi connectivity index (χ3v) is 7.24. The summed E-state index contributed by atoms with van der Waals surface area (Å²) in [5.41, 5.74) is 3.80. The van der Waals surface area contributed by atoms with Crippen molar-refractivity contribution in [3.63, 3.8) is 0 Å². The molecule has 8 heteroatoms. The van der Waals surface area contributed by atoms with Crippen molar-refractivity contribution >= 4 is 22.6 Å². The summed E-state index contributed by atoms with van der Waals surface area (Å²) in [4.78, 5) is 20.0. The van der Waals surface area contributed by atoms with Crippen molar-refractivity contribution < 1.29 is 23.7 Å². The Bertz CT molecular complexity index is 1510. The Morgan fingerprint density at radius 2 is 1.77 bits per heavy atom. The van der Waals surface area contributed by atoms with Crippen LogP contribution in [0, 0.1) is 0 Å². The van der Waals surface area contributed by atoms with E-state index in [1.807, 2.05) is 60.7 Å². The number of allylic oxidation sites excluding steroid dienone is 1. The summed E-state index contributed by atoms with van der Waals surface area (Å²) in [6, 6.07) is 19.6. The summed E-state index contributed by atoms with van der Waals surface area (Å²) in [5.74, 6) is 3.62. The Labute approximate surface area is 234 Å². The van der Waals surface area contributed by atoms with Gasteiger partial charge in [-0.25, -0.2) is 4.98 Å². The molecule has 1 aliphatic heterocycles. The van der Waals surface area contributed by atoms with E-state index in [2.05, 4.69) is 17.2 Å². The molecule has 40 heavy (non-hydrogen) atoms. The van der Waals surface area contributed by atoms with Gasteiger partial charge >= 0.3 is 0 Å². The summed E-state index contributed by atoms with van der Waals surface area (Å²) in [7, 11) is 4.87. The number of fused-ring (bicyclic) bond motifs is 1. The number of aryl methyl sites for hydroxylation is 1. The number of amides is 1. The van der Waals surface area contributed by atoms with Crippen molar-refractivity contribution in [1.29, 1.82) is 0 Å². The van der Waals surface area contributed by atoms with Gasteiger partial charge in [0, 0.05) is 31.5 Å². The average molecular weight is 542 g/mol. The van der Waals surface area contributed by atoms with Gasteiger partial charge in [0.25, 0.3) is 0 Å². The maximum absolute atomic E-state index is 13.3. The lowest BCUT2D eigenvalue weighted by Crippen LogP contribution is -2.25. The summed E-state index contributed by atoms with van der Waals surface area (Å²) in [5, 5.41) is 0. The van der Waals surface area contributed by atoms with E-state index in [-0.39, 0.29) is 11.8 Å². The Hall–Kier alpha value is -4.46. The fraction of sp³-hybridized carbons (Fsp3) is 0.312. The minimum Gasteiger partial charge on any atom is -0.497 e. The van der Waals surface area contributed by atoms with Gasteiger partial charge < -0.3 is 28.4 Å². The van der Waals surface area contributed by atoms with Crippen LogP contribution in [0.15, 0.2) is 73.3 Å². The number of imidazole rings is 1. The molecule has 1 fully saturated rings. The normalized spacial score (nSPS) is 14.9. The topological polar surface area (TPSA) is 75.1 Å². The first-order chi connectivity index (χ1) is 19.6. The predicted molar refractivity (Wildman–Crippen MR) is 156 cm³/mol. The molecular weight excluding hydrogens is 506 g/mol. The van der Waals surface area contributed by atoms with Crippen LogP contribution in [0.2, 0.25) is 0 Å². The molecule has 4 aromatic rings. The fourth-order valence-electron chi connectivity index (χ4n) is 5.29. The minimum atomic E-state index is -0.0609. The number of hydrogen-bond donors (Lipinski definition) is 0. The molecular formula is C32H35N3O5. The Kier molecular flexibility index (Phi) is 8.24. The SMILES string of the molecule is C=CCc1ccc(OCCCn2c(C3CC(=O)N(c4cc(OC)ccc4OC)C3)nc3ccccc32)c(OC)c1. The second-order valence-electron chi connectivity index (χ2n) is 9.73.